The van der Waals surface area contributed by atoms with Gasteiger partial charge in [-0.15, -0.1) is 0 Å². The molecule has 6 rings (SSSR count). The number of anilines is 2. The SMILES string of the molecule is Nc1c(Cl)cc(CC(CC(=O)N2CCC(N3Cc4ccccc4NC3=O)CC2)C(=O)N2CCC(N3CCN(CC(=O)O)CC3)CC2)cc1Cl. The van der Waals surface area contributed by atoms with Crippen LogP contribution in [0.25, 0.3) is 0 Å². The number of benzene rings is 2. The first-order chi connectivity index (χ1) is 23.5. The maximum absolute atomic E-state index is 14.1. The van der Waals surface area contributed by atoms with E-state index in [2.05, 4.69) is 10.2 Å². The Hall–Kier alpha value is -3.58. The summed E-state index contributed by atoms with van der Waals surface area (Å²) >= 11 is 12.7. The van der Waals surface area contributed by atoms with Crippen LogP contribution in [0.3, 0.4) is 0 Å². The molecule has 1 unspecified atom stereocenters. The first kappa shape index (κ1) is 35.3. The van der Waals surface area contributed by atoms with Crippen molar-refractivity contribution in [1.82, 2.24) is 24.5 Å². The third-order valence-corrected chi connectivity index (χ3v) is 11.2. The van der Waals surface area contributed by atoms with E-state index in [4.69, 9.17) is 34.0 Å². The first-order valence-corrected chi connectivity index (χ1v) is 17.9. The van der Waals surface area contributed by atoms with Crippen molar-refractivity contribution in [2.24, 2.45) is 5.92 Å². The number of hydrogen-bond acceptors (Lipinski definition) is 7. The number of halogens is 2. The molecule has 4 amide bonds. The number of carboxylic acid groups (broad SMARTS) is 1. The zero-order valence-corrected chi connectivity index (χ0v) is 29.2. The maximum Gasteiger partial charge on any atom is 0.322 e. The van der Waals surface area contributed by atoms with Gasteiger partial charge in [0.25, 0.3) is 0 Å². The van der Waals surface area contributed by atoms with Gasteiger partial charge in [0.1, 0.15) is 0 Å². The summed E-state index contributed by atoms with van der Waals surface area (Å²) in [6.07, 6.45) is 3.36. The molecule has 0 bridgehead atoms. The fourth-order valence-corrected chi connectivity index (χ4v) is 8.29. The lowest BCUT2D eigenvalue weighted by Gasteiger charge is -2.43. The van der Waals surface area contributed by atoms with Crippen molar-refractivity contribution in [3.05, 3.63) is 57.6 Å². The van der Waals surface area contributed by atoms with E-state index in [-0.39, 0.29) is 42.5 Å². The molecule has 0 aliphatic carbocycles. The first-order valence-electron chi connectivity index (χ1n) is 17.2. The molecule has 4 heterocycles. The Morgan fingerprint density at radius 3 is 2.14 bits per heavy atom. The average Bonchev–Trinajstić information content (AvgIpc) is 3.10. The molecule has 3 fully saturated rings. The number of piperidine rings is 2. The number of carboxylic acids is 1. The number of nitrogens with zero attached hydrogens (tertiary/aromatic N) is 5. The molecule has 4 aliphatic heterocycles. The van der Waals surface area contributed by atoms with Gasteiger partial charge in [-0.2, -0.15) is 0 Å². The van der Waals surface area contributed by atoms with Gasteiger partial charge in [-0.05, 0) is 61.4 Å². The summed E-state index contributed by atoms with van der Waals surface area (Å²) in [5.74, 6) is -1.53. The summed E-state index contributed by atoms with van der Waals surface area (Å²) in [5, 5.41) is 12.7. The number of nitrogens with two attached hydrogens (primary N) is 1. The molecule has 3 saturated heterocycles. The lowest BCUT2D eigenvalue weighted by Crippen LogP contribution is -2.55. The minimum atomic E-state index is -0.806. The van der Waals surface area contributed by atoms with Gasteiger partial charge in [-0.1, -0.05) is 41.4 Å². The Morgan fingerprint density at radius 1 is 0.878 bits per heavy atom. The molecule has 0 saturated carbocycles. The number of nitrogen functional groups attached to an aromatic ring is 1. The van der Waals surface area contributed by atoms with Crippen LogP contribution in [-0.2, 0) is 27.3 Å². The quantitative estimate of drug-likeness (QED) is 0.333. The van der Waals surface area contributed by atoms with Crippen molar-refractivity contribution in [2.75, 3.05) is 70.0 Å². The number of carbonyl (C=O) groups is 4. The molecule has 4 N–H and O–H groups in total. The van der Waals surface area contributed by atoms with Gasteiger partial charge in [0.2, 0.25) is 11.8 Å². The van der Waals surface area contributed by atoms with Crippen LogP contribution in [0.2, 0.25) is 10.0 Å². The highest BCUT2D eigenvalue weighted by Crippen LogP contribution is 2.32. The van der Waals surface area contributed by atoms with Crippen LogP contribution < -0.4 is 11.1 Å². The second-order valence-corrected chi connectivity index (χ2v) is 14.5. The molecule has 0 aromatic heterocycles. The third-order valence-electron chi connectivity index (χ3n) is 10.6. The van der Waals surface area contributed by atoms with Crippen molar-refractivity contribution in [2.45, 2.75) is 57.2 Å². The highest BCUT2D eigenvalue weighted by Gasteiger charge is 2.36. The van der Waals surface area contributed by atoms with E-state index in [0.29, 0.717) is 68.1 Å². The van der Waals surface area contributed by atoms with E-state index in [1.54, 1.807) is 12.1 Å². The molecular weight excluding hydrogens is 669 g/mol. The highest BCUT2D eigenvalue weighted by molar-refractivity contribution is 6.38. The van der Waals surface area contributed by atoms with Crippen LogP contribution in [0.1, 0.15) is 43.2 Å². The van der Waals surface area contributed by atoms with E-state index >= 15 is 0 Å². The zero-order valence-electron chi connectivity index (χ0n) is 27.7. The summed E-state index contributed by atoms with van der Waals surface area (Å²) in [4.78, 5) is 61.8. The number of para-hydroxylation sites is 1. The van der Waals surface area contributed by atoms with Gasteiger partial charge in [0, 0.05) is 83.1 Å². The second-order valence-electron chi connectivity index (χ2n) is 13.7. The van der Waals surface area contributed by atoms with Crippen LogP contribution in [0.4, 0.5) is 16.2 Å². The Labute approximate surface area is 297 Å². The molecule has 264 valence electrons. The normalized spacial score (nSPS) is 20.5. The molecule has 0 radical (unpaired) electrons. The number of carbonyl (C=O) groups excluding carboxylic acids is 3. The predicted molar refractivity (Wildman–Crippen MR) is 189 cm³/mol. The monoisotopic (exact) mass is 713 g/mol. The molecule has 49 heavy (non-hydrogen) atoms. The smallest absolute Gasteiger partial charge is 0.322 e. The minimum absolute atomic E-state index is 0.0235. The van der Waals surface area contributed by atoms with E-state index < -0.39 is 11.9 Å². The largest absolute Gasteiger partial charge is 0.480 e. The molecule has 4 aliphatic rings. The Kier molecular flexibility index (Phi) is 11.2. The van der Waals surface area contributed by atoms with Gasteiger partial charge in [0.15, 0.2) is 0 Å². The third kappa shape index (κ3) is 8.42. The van der Waals surface area contributed by atoms with Crippen molar-refractivity contribution in [1.29, 1.82) is 0 Å². The summed E-state index contributed by atoms with van der Waals surface area (Å²) in [6.45, 7) is 5.90. The van der Waals surface area contributed by atoms with E-state index in [9.17, 15) is 19.2 Å². The van der Waals surface area contributed by atoms with Gasteiger partial charge in [0.05, 0.1) is 28.2 Å². The van der Waals surface area contributed by atoms with E-state index in [1.807, 2.05) is 43.9 Å². The zero-order chi connectivity index (χ0) is 34.7. The summed E-state index contributed by atoms with van der Waals surface area (Å²) in [6, 6.07) is 11.5. The summed E-state index contributed by atoms with van der Waals surface area (Å²) in [5.41, 5.74) is 8.93. The molecule has 14 heteroatoms. The fraction of sp³-hybridized carbons (Fsp3) is 0.543. The number of rotatable bonds is 9. The number of urea groups is 1. The molecule has 0 spiro atoms. The molecule has 1 atom stereocenters. The number of amides is 4. The number of hydrogen-bond donors (Lipinski definition) is 3. The van der Waals surface area contributed by atoms with Gasteiger partial charge >= 0.3 is 12.0 Å². The van der Waals surface area contributed by atoms with Gasteiger partial charge in [-0.3, -0.25) is 24.2 Å². The predicted octanol–water partition coefficient (Wildman–Crippen LogP) is 3.86. The Morgan fingerprint density at radius 2 is 1.49 bits per heavy atom. The number of aliphatic carboxylic acids is 1. The number of likely N-dealkylation sites (tertiary alicyclic amines) is 2. The van der Waals surface area contributed by atoms with Crippen molar-refractivity contribution < 1.29 is 24.3 Å². The van der Waals surface area contributed by atoms with Crippen molar-refractivity contribution in [3.63, 3.8) is 0 Å². The van der Waals surface area contributed by atoms with Crippen molar-refractivity contribution >= 4 is 58.4 Å². The number of piperazine rings is 1. The lowest BCUT2D eigenvalue weighted by molar-refractivity contribution is -0.143. The van der Waals surface area contributed by atoms with Crippen LogP contribution in [0, 0.1) is 5.92 Å². The Bertz CT molecular complexity index is 1530. The lowest BCUT2D eigenvalue weighted by atomic mass is 9.91. The van der Waals surface area contributed by atoms with Gasteiger partial charge < -0.3 is 30.9 Å². The van der Waals surface area contributed by atoms with Crippen LogP contribution in [0.5, 0.6) is 0 Å². The van der Waals surface area contributed by atoms with Crippen LogP contribution in [-0.4, -0.2) is 124 Å². The number of fused-ring (bicyclic) bond motifs is 1. The molecule has 12 nitrogen and oxygen atoms in total. The van der Waals surface area contributed by atoms with Gasteiger partial charge in [-0.25, -0.2) is 4.79 Å². The van der Waals surface area contributed by atoms with Crippen LogP contribution in [0.15, 0.2) is 36.4 Å². The highest BCUT2D eigenvalue weighted by atomic mass is 35.5. The molecule has 2 aromatic rings. The minimum Gasteiger partial charge on any atom is -0.480 e. The average molecular weight is 715 g/mol. The fourth-order valence-electron chi connectivity index (χ4n) is 7.76. The van der Waals surface area contributed by atoms with Crippen molar-refractivity contribution in [3.8, 4) is 0 Å². The topological polar surface area (TPSA) is 143 Å². The van der Waals surface area contributed by atoms with E-state index in [1.165, 1.54) is 0 Å². The standard InChI is InChI=1S/C35H45Cl2N7O5/c36-28-18-23(19-29(37)33(28)38)17-25(34(48)43-11-5-26(6-12-43)41-15-13-40(14-16-41)22-32(46)47)20-31(45)42-9-7-27(8-10-42)44-21-24-3-1-2-4-30(24)39-35(44)49/h1-4,18-19,25-27H,5-17,20-22,38H2,(H,39,49)(H,46,47). The second kappa shape index (κ2) is 15.5. The summed E-state index contributed by atoms with van der Waals surface area (Å²) < 4.78 is 0. The molecular formula is C35H45Cl2N7O5. The van der Waals surface area contributed by atoms with Crippen LogP contribution >= 0.6 is 23.2 Å². The number of nitrogens with one attached hydrogen (secondary N) is 1. The Balaban J connectivity index is 1.07. The van der Waals surface area contributed by atoms with E-state index in [0.717, 1.165) is 55.8 Å². The molecule has 2 aromatic carbocycles. The summed E-state index contributed by atoms with van der Waals surface area (Å²) in [7, 11) is 0. The maximum atomic E-state index is 14.1.